The summed E-state index contributed by atoms with van der Waals surface area (Å²) in [5.41, 5.74) is 0. The van der Waals surface area contributed by atoms with Crippen LogP contribution in [0.15, 0.2) is 12.4 Å². The number of fused-ring (bicyclic) bond motifs is 1. The van der Waals surface area contributed by atoms with E-state index in [1.54, 1.807) is 11.3 Å². The maximum absolute atomic E-state index is 6.01. The molecule has 7 heteroatoms. The Bertz CT molecular complexity index is 536. The van der Waals surface area contributed by atoms with Gasteiger partial charge < -0.3 is 9.47 Å². The Morgan fingerprint density at radius 3 is 3.06 bits per heavy atom. The molecule has 0 bridgehead atoms. The molecule has 0 aliphatic carbocycles. The number of rotatable bonds is 2. The summed E-state index contributed by atoms with van der Waals surface area (Å²) in [6.07, 6.45) is 3.84. The average Bonchev–Trinajstić information content (AvgIpc) is 2.93. The molecule has 2 aromatic rings. The van der Waals surface area contributed by atoms with E-state index < -0.39 is 0 Å². The lowest BCUT2D eigenvalue weighted by Crippen LogP contribution is -2.33. The molecule has 0 saturated heterocycles. The third-order valence-corrected chi connectivity index (χ3v) is 4.74. The van der Waals surface area contributed by atoms with E-state index in [4.69, 9.17) is 23.2 Å². The molecule has 3 rings (SSSR count). The first kappa shape index (κ1) is 11.3. The van der Waals surface area contributed by atoms with Gasteiger partial charge in [-0.15, -0.1) is 11.6 Å². The van der Waals surface area contributed by atoms with Crippen LogP contribution in [-0.2, 0) is 19.0 Å². The van der Waals surface area contributed by atoms with Crippen LogP contribution in [0.25, 0.3) is 0 Å². The highest BCUT2D eigenvalue weighted by molar-refractivity contribution is 7.16. The largest absolute Gasteiger partial charge is 0.339 e. The first-order valence-corrected chi connectivity index (χ1v) is 6.97. The van der Waals surface area contributed by atoms with E-state index in [9.17, 15) is 0 Å². The zero-order valence-electron chi connectivity index (χ0n) is 8.94. The predicted octanol–water partition coefficient (Wildman–Crippen LogP) is 2.75. The maximum Gasteiger partial charge on any atom is 0.187 e. The van der Waals surface area contributed by atoms with Crippen molar-refractivity contribution in [1.29, 1.82) is 0 Å². The Morgan fingerprint density at radius 1 is 1.41 bits per heavy atom. The van der Waals surface area contributed by atoms with Crippen molar-refractivity contribution in [3.05, 3.63) is 28.2 Å². The van der Waals surface area contributed by atoms with Gasteiger partial charge in [-0.1, -0.05) is 22.9 Å². The van der Waals surface area contributed by atoms with Gasteiger partial charge in [0, 0.05) is 25.5 Å². The SMILES string of the molecule is ClCc1sc(N2CCn3ccnc3C2)nc1Cl. The monoisotopic (exact) mass is 288 g/mol. The van der Waals surface area contributed by atoms with E-state index in [0.29, 0.717) is 11.0 Å². The summed E-state index contributed by atoms with van der Waals surface area (Å²) in [4.78, 5) is 11.8. The number of imidazole rings is 1. The van der Waals surface area contributed by atoms with Crippen LogP contribution in [0, 0.1) is 0 Å². The van der Waals surface area contributed by atoms with Crippen LogP contribution in [0.5, 0.6) is 0 Å². The fourth-order valence-corrected chi connectivity index (χ4v) is 3.37. The molecule has 4 nitrogen and oxygen atoms in total. The van der Waals surface area contributed by atoms with Crippen LogP contribution >= 0.6 is 34.5 Å². The molecule has 1 aliphatic heterocycles. The Labute approximate surface area is 113 Å². The normalized spacial score (nSPS) is 15.1. The summed E-state index contributed by atoms with van der Waals surface area (Å²) in [5, 5.41) is 1.45. The van der Waals surface area contributed by atoms with Crippen molar-refractivity contribution in [3.63, 3.8) is 0 Å². The summed E-state index contributed by atoms with van der Waals surface area (Å²) in [6.45, 7) is 2.64. The number of thiazole rings is 1. The number of anilines is 1. The smallest absolute Gasteiger partial charge is 0.187 e. The van der Waals surface area contributed by atoms with Gasteiger partial charge in [0.25, 0.3) is 0 Å². The van der Waals surface area contributed by atoms with Crippen molar-refractivity contribution < 1.29 is 0 Å². The van der Waals surface area contributed by atoms with Crippen LogP contribution in [0.2, 0.25) is 5.15 Å². The van der Waals surface area contributed by atoms with Gasteiger partial charge in [-0.05, 0) is 0 Å². The van der Waals surface area contributed by atoms with Crippen LogP contribution < -0.4 is 4.90 Å². The fourth-order valence-electron chi connectivity index (χ4n) is 1.88. The zero-order valence-corrected chi connectivity index (χ0v) is 11.3. The lowest BCUT2D eigenvalue weighted by molar-refractivity contribution is 0.559. The van der Waals surface area contributed by atoms with Gasteiger partial charge in [0.1, 0.15) is 11.0 Å². The second kappa shape index (κ2) is 4.48. The fraction of sp³-hybridized carbons (Fsp3) is 0.400. The Hall–Kier alpha value is -0.780. The Morgan fingerprint density at radius 2 is 2.29 bits per heavy atom. The molecule has 1 aliphatic rings. The van der Waals surface area contributed by atoms with E-state index in [1.807, 2.05) is 12.4 Å². The molecule has 0 atom stereocenters. The van der Waals surface area contributed by atoms with Gasteiger partial charge >= 0.3 is 0 Å². The minimum atomic E-state index is 0.416. The third kappa shape index (κ3) is 2.03. The molecular weight excluding hydrogens is 279 g/mol. The average molecular weight is 289 g/mol. The summed E-state index contributed by atoms with van der Waals surface area (Å²) >= 11 is 13.4. The Kier molecular flexibility index (Phi) is 2.98. The van der Waals surface area contributed by atoms with Crippen LogP contribution in [0.1, 0.15) is 10.7 Å². The van der Waals surface area contributed by atoms with Gasteiger partial charge in [-0.2, -0.15) is 0 Å². The van der Waals surface area contributed by atoms with Crippen molar-refractivity contribution in [2.24, 2.45) is 0 Å². The number of halogens is 2. The van der Waals surface area contributed by atoms with Crippen molar-refractivity contribution in [1.82, 2.24) is 14.5 Å². The van der Waals surface area contributed by atoms with E-state index in [1.165, 1.54) is 0 Å². The van der Waals surface area contributed by atoms with E-state index in [2.05, 4.69) is 19.4 Å². The van der Waals surface area contributed by atoms with Crippen LogP contribution in [-0.4, -0.2) is 21.1 Å². The first-order valence-electron chi connectivity index (χ1n) is 5.24. The highest BCUT2D eigenvalue weighted by Gasteiger charge is 2.20. The molecule has 0 aromatic carbocycles. The summed E-state index contributed by atoms with van der Waals surface area (Å²) in [6, 6.07) is 0. The van der Waals surface area contributed by atoms with Gasteiger partial charge in [0.15, 0.2) is 5.13 Å². The van der Waals surface area contributed by atoms with Gasteiger partial charge in [0.05, 0.1) is 17.3 Å². The number of hydrogen-bond acceptors (Lipinski definition) is 4. The minimum Gasteiger partial charge on any atom is -0.339 e. The molecule has 90 valence electrons. The standard InChI is InChI=1S/C10H10Cl2N4S/c11-5-7-9(12)14-10(17-7)16-4-3-15-2-1-13-8(15)6-16/h1-2H,3-6H2. The molecule has 0 amide bonds. The summed E-state index contributed by atoms with van der Waals surface area (Å²) in [7, 11) is 0. The second-order valence-corrected chi connectivity index (χ2v) is 5.49. The van der Waals surface area contributed by atoms with E-state index >= 15 is 0 Å². The first-order chi connectivity index (χ1) is 8.28. The highest BCUT2D eigenvalue weighted by atomic mass is 35.5. The molecule has 0 fully saturated rings. The lowest BCUT2D eigenvalue weighted by atomic mass is 10.4. The third-order valence-electron chi connectivity index (χ3n) is 2.78. The molecule has 0 radical (unpaired) electrons. The Balaban J connectivity index is 1.86. The molecule has 17 heavy (non-hydrogen) atoms. The van der Waals surface area contributed by atoms with Crippen molar-refractivity contribution in [2.75, 3.05) is 11.4 Å². The maximum atomic E-state index is 6.01. The van der Waals surface area contributed by atoms with Crippen molar-refractivity contribution >= 4 is 39.7 Å². The molecule has 0 spiro atoms. The van der Waals surface area contributed by atoms with Crippen LogP contribution in [0.3, 0.4) is 0 Å². The second-order valence-electron chi connectivity index (χ2n) is 3.80. The molecule has 3 heterocycles. The molecular formula is C10H10Cl2N4S. The number of nitrogens with zero attached hydrogens (tertiary/aromatic N) is 4. The molecule has 2 aromatic heterocycles. The van der Waals surface area contributed by atoms with Crippen molar-refractivity contribution in [3.8, 4) is 0 Å². The number of aromatic nitrogens is 3. The molecule has 0 unspecified atom stereocenters. The number of hydrogen-bond donors (Lipinski definition) is 0. The van der Waals surface area contributed by atoms with Crippen molar-refractivity contribution in [2.45, 2.75) is 19.0 Å². The molecule has 0 saturated carbocycles. The van der Waals surface area contributed by atoms with Gasteiger partial charge in [-0.3, -0.25) is 0 Å². The predicted molar refractivity (Wildman–Crippen MR) is 70.0 cm³/mol. The van der Waals surface area contributed by atoms with Gasteiger partial charge in [-0.25, -0.2) is 9.97 Å². The summed E-state index contributed by atoms with van der Waals surface area (Å²) < 4.78 is 2.16. The summed E-state index contributed by atoms with van der Waals surface area (Å²) in [5.74, 6) is 1.48. The van der Waals surface area contributed by atoms with Gasteiger partial charge in [0.2, 0.25) is 0 Å². The lowest BCUT2D eigenvalue weighted by Gasteiger charge is -2.27. The van der Waals surface area contributed by atoms with Crippen LogP contribution in [0.4, 0.5) is 5.13 Å². The zero-order chi connectivity index (χ0) is 11.8. The quantitative estimate of drug-likeness (QED) is 0.797. The number of alkyl halides is 1. The minimum absolute atomic E-state index is 0.416. The van der Waals surface area contributed by atoms with E-state index in [0.717, 1.165) is 35.5 Å². The molecule has 0 N–H and O–H groups in total. The highest BCUT2D eigenvalue weighted by Crippen LogP contribution is 2.32. The topological polar surface area (TPSA) is 34.0 Å². The van der Waals surface area contributed by atoms with E-state index in [-0.39, 0.29) is 0 Å².